The number of carbonyl (C=O) groups is 1. The van der Waals surface area contributed by atoms with E-state index in [0.29, 0.717) is 16.5 Å². The second-order valence-corrected chi connectivity index (χ2v) is 7.27. The van der Waals surface area contributed by atoms with E-state index in [1.54, 1.807) is 11.3 Å². The lowest BCUT2D eigenvalue weighted by molar-refractivity contribution is 0.262. The normalized spacial score (nSPS) is 16.1. The van der Waals surface area contributed by atoms with Crippen LogP contribution in [0.1, 0.15) is 42.2 Å². The second-order valence-electron chi connectivity index (χ2n) is 6.16. The van der Waals surface area contributed by atoms with E-state index in [1.165, 1.54) is 17.7 Å². The van der Waals surface area contributed by atoms with Gasteiger partial charge in [0.1, 0.15) is 11.1 Å². The van der Waals surface area contributed by atoms with Gasteiger partial charge in [0.25, 0.3) is 0 Å². The highest BCUT2D eigenvalue weighted by Crippen LogP contribution is 2.40. The molecule has 2 amide bonds. The van der Waals surface area contributed by atoms with Crippen LogP contribution in [0.5, 0.6) is 0 Å². The molecule has 3 rings (SSSR count). The van der Waals surface area contributed by atoms with E-state index in [1.807, 2.05) is 30.3 Å². The van der Waals surface area contributed by atoms with E-state index in [0.717, 1.165) is 30.5 Å². The van der Waals surface area contributed by atoms with Crippen LogP contribution in [-0.2, 0) is 12.8 Å². The molecule has 2 aromatic rings. The summed E-state index contributed by atoms with van der Waals surface area (Å²) in [4.78, 5) is 13.5. The summed E-state index contributed by atoms with van der Waals surface area (Å²) in [7, 11) is 0. The van der Waals surface area contributed by atoms with Crippen LogP contribution >= 0.6 is 11.3 Å². The molecule has 1 aromatic heterocycles. The van der Waals surface area contributed by atoms with Crippen LogP contribution in [0.2, 0.25) is 0 Å². The monoisotopic (exact) mass is 339 g/mol. The molecule has 124 valence electrons. The third-order valence-corrected chi connectivity index (χ3v) is 5.60. The summed E-state index contributed by atoms with van der Waals surface area (Å²) in [5, 5.41) is 15.9. The van der Waals surface area contributed by atoms with Gasteiger partial charge in [-0.15, -0.1) is 11.3 Å². The molecule has 0 unspecified atom stereocenters. The maximum absolute atomic E-state index is 12.2. The van der Waals surface area contributed by atoms with Gasteiger partial charge in [-0.2, -0.15) is 5.26 Å². The van der Waals surface area contributed by atoms with Crippen LogP contribution in [0, 0.1) is 17.2 Å². The van der Waals surface area contributed by atoms with Gasteiger partial charge in [0.15, 0.2) is 0 Å². The molecular formula is C19H21N3OS. The smallest absolute Gasteiger partial charge is 0.308 e. The number of nitriles is 1. The van der Waals surface area contributed by atoms with Crippen molar-refractivity contribution >= 4 is 28.1 Å². The van der Waals surface area contributed by atoms with E-state index < -0.39 is 0 Å². The number of hydrogen-bond donors (Lipinski definition) is 2. The standard InChI is InChI=1S/C19H21N3OS/c1-2-6-13-9-10-15-16(12-20)18(24-17(15)11-13)22-19(23)21-14-7-4-3-5-8-14/h3-5,7-8,13H,2,6,9-11H2,1H3,(H2,21,22,23)/t13-/m0/s1. The Morgan fingerprint density at radius 1 is 1.33 bits per heavy atom. The molecule has 24 heavy (non-hydrogen) atoms. The highest BCUT2D eigenvalue weighted by atomic mass is 32.1. The maximum Gasteiger partial charge on any atom is 0.324 e. The molecule has 0 fully saturated rings. The van der Waals surface area contributed by atoms with Crippen molar-refractivity contribution in [3.63, 3.8) is 0 Å². The highest BCUT2D eigenvalue weighted by Gasteiger charge is 2.26. The second kappa shape index (κ2) is 7.50. The maximum atomic E-state index is 12.2. The molecule has 1 aromatic carbocycles. The lowest BCUT2D eigenvalue weighted by Crippen LogP contribution is -2.19. The zero-order valence-corrected chi connectivity index (χ0v) is 14.6. The van der Waals surface area contributed by atoms with Crippen LogP contribution in [0.25, 0.3) is 0 Å². The molecule has 2 N–H and O–H groups in total. The molecule has 0 saturated heterocycles. The molecule has 4 nitrogen and oxygen atoms in total. The van der Waals surface area contributed by atoms with Gasteiger partial charge in [0.2, 0.25) is 0 Å². The molecule has 1 atom stereocenters. The Balaban J connectivity index is 1.74. The lowest BCUT2D eigenvalue weighted by Gasteiger charge is -2.21. The van der Waals surface area contributed by atoms with E-state index >= 15 is 0 Å². The van der Waals surface area contributed by atoms with Gasteiger partial charge in [0, 0.05) is 10.6 Å². The number of nitrogens with one attached hydrogen (secondary N) is 2. The van der Waals surface area contributed by atoms with Crippen molar-refractivity contribution in [2.24, 2.45) is 5.92 Å². The Morgan fingerprint density at radius 3 is 2.83 bits per heavy atom. The fraction of sp³-hybridized carbons (Fsp3) is 0.368. The summed E-state index contributed by atoms with van der Waals surface area (Å²) >= 11 is 1.56. The van der Waals surface area contributed by atoms with Crippen molar-refractivity contribution in [1.29, 1.82) is 5.26 Å². The Labute approximate surface area is 146 Å². The number of nitrogens with zero attached hydrogens (tertiary/aromatic N) is 1. The number of para-hydroxylation sites is 1. The summed E-state index contributed by atoms with van der Waals surface area (Å²) < 4.78 is 0. The average molecular weight is 339 g/mol. The van der Waals surface area contributed by atoms with Crippen LogP contribution in [-0.4, -0.2) is 6.03 Å². The summed E-state index contributed by atoms with van der Waals surface area (Å²) in [6, 6.07) is 11.3. The highest BCUT2D eigenvalue weighted by molar-refractivity contribution is 7.16. The predicted octanol–water partition coefficient (Wildman–Crippen LogP) is 5.17. The first kappa shape index (κ1) is 16.5. The average Bonchev–Trinajstić information content (AvgIpc) is 2.92. The first-order valence-electron chi connectivity index (χ1n) is 8.39. The zero-order valence-electron chi connectivity index (χ0n) is 13.8. The third-order valence-electron chi connectivity index (χ3n) is 4.43. The van der Waals surface area contributed by atoms with E-state index in [2.05, 4.69) is 23.6 Å². The molecule has 0 radical (unpaired) electrons. The van der Waals surface area contributed by atoms with Gasteiger partial charge in [-0.3, -0.25) is 5.32 Å². The summed E-state index contributed by atoms with van der Waals surface area (Å²) in [5.74, 6) is 0.707. The number of rotatable bonds is 4. The number of carbonyl (C=O) groups excluding carboxylic acids is 1. The molecule has 0 spiro atoms. The number of benzene rings is 1. The molecule has 0 saturated carbocycles. The van der Waals surface area contributed by atoms with Gasteiger partial charge in [-0.1, -0.05) is 38.0 Å². The molecular weight excluding hydrogens is 318 g/mol. The lowest BCUT2D eigenvalue weighted by atomic mass is 9.85. The van der Waals surface area contributed by atoms with Crippen LogP contribution in [0.3, 0.4) is 0 Å². The molecule has 1 aliphatic carbocycles. The minimum Gasteiger partial charge on any atom is -0.308 e. The van der Waals surface area contributed by atoms with Crippen molar-refractivity contribution in [3.05, 3.63) is 46.3 Å². The zero-order chi connectivity index (χ0) is 16.9. The molecule has 0 aliphatic heterocycles. The van der Waals surface area contributed by atoms with E-state index in [-0.39, 0.29) is 6.03 Å². The number of anilines is 2. The van der Waals surface area contributed by atoms with E-state index in [9.17, 15) is 10.1 Å². The van der Waals surface area contributed by atoms with Gasteiger partial charge in [-0.25, -0.2) is 4.79 Å². The number of fused-ring (bicyclic) bond motifs is 1. The largest absolute Gasteiger partial charge is 0.324 e. The fourth-order valence-corrected chi connectivity index (χ4v) is 4.61. The Hall–Kier alpha value is -2.32. The Morgan fingerprint density at radius 2 is 2.12 bits per heavy atom. The van der Waals surface area contributed by atoms with Gasteiger partial charge in [-0.05, 0) is 42.9 Å². The summed E-state index contributed by atoms with van der Waals surface area (Å²) in [5.41, 5.74) is 2.52. The van der Waals surface area contributed by atoms with Crippen LogP contribution in [0.15, 0.2) is 30.3 Å². The van der Waals surface area contributed by atoms with E-state index in [4.69, 9.17) is 0 Å². The topological polar surface area (TPSA) is 64.9 Å². The number of thiophene rings is 1. The van der Waals surface area contributed by atoms with Crippen molar-refractivity contribution in [1.82, 2.24) is 0 Å². The quantitative estimate of drug-likeness (QED) is 0.807. The van der Waals surface area contributed by atoms with Crippen molar-refractivity contribution in [2.75, 3.05) is 10.6 Å². The third kappa shape index (κ3) is 3.60. The SMILES string of the molecule is CCC[C@H]1CCc2c(sc(NC(=O)Nc3ccccc3)c2C#N)C1. The first-order chi connectivity index (χ1) is 11.7. The summed E-state index contributed by atoms with van der Waals surface area (Å²) in [6.07, 6.45) is 5.55. The molecule has 1 aliphatic rings. The Kier molecular flexibility index (Phi) is 5.17. The minimum absolute atomic E-state index is 0.304. The minimum atomic E-state index is -0.304. The van der Waals surface area contributed by atoms with Gasteiger partial charge >= 0.3 is 6.03 Å². The predicted molar refractivity (Wildman–Crippen MR) is 98.5 cm³/mol. The summed E-state index contributed by atoms with van der Waals surface area (Å²) in [6.45, 7) is 2.21. The van der Waals surface area contributed by atoms with Gasteiger partial charge in [0.05, 0.1) is 5.56 Å². The number of urea groups is 1. The van der Waals surface area contributed by atoms with Crippen LogP contribution < -0.4 is 10.6 Å². The molecule has 5 heteroatoms. The Bertz CT molecular complexity index is 761. The number of amides is 2. The van der Waals surface area contributed by atoms with Crippen LogP contribution in [0.4, 0.5) is 15.5 Å². The fourth-order valence-electron chi connectivity index (χ4n) is 3.30. The number of hydrogen-bond acceptors (Lipinski definition) is 3. The van der Waals surface area contributed by atoms with Crippen molar-refractivity contribution in [2.45, 2.75) is 39.0 Å². The first-order valence-corrected chi connectivity index (χ1v) is 9.20. The van der Waals surface area contributed by atoms with Gasteiger partial charge < -0.3 is 5.32 Å². The van der Waals surface area contributed by atoms with Crippen molar-refractivity contribution in [3.8, 4) is 6.07 Å². The van der Waals surface area contributed by atoms with Crippen molar-refractivity contribution < 1.29 is 4.79 Å². The molecule has 0 bridgehead atoms. The molecule has 1 heterocycles.